The molecular formula is C11H18N4O. The van der Waals surface area contributed by atoms with Gasteiger partial charge in [0.25, 0.3) is 0 Å². The van der Waals surface area contributed by atoms with Crippen LogP contribution in [0.25, 0.3) is 0 Å². The Hall–Kier alpha value is -1.36. The zero-order chi connectivity index (χ0) is 11.4. The fraction of sp³-hybridized carbons (Fsp3) is 0.636. The molecular weight excluding hydrogens is 204 g/mol. The third-order valence-corrected chi connectivity index (χ3v) is 2.78. The number of nitrogens with zero attached hydrogens (tertiary/aromatic N) is 2. The van der Waals surface area contributed by atoms with Crippen LogP contribution in [-0.4, -0.2) is 34.8 Å². The molecule has 88 valence electrons. The van der Waals surface area contributed by atoms with Crippen LogP contribution in [-0.2, 0) is 11.3 Å². The summed E-state index contributed by atoms with van der Waals surface area (Å²) in [6, 6.07) is 0.0133. The van der Waals surface area contributed by atoms with Gasteiger partial charge in [-0.1, -0.05) is 0 Å². The van der Waals surface area contributed by atoms with E-state index in [-0.39, 0.29) is 11.9 Å². The van der Waals surface area contributed by atoms with Gasteiger partial charge < -0.3 is 10.6 Å². The molecule has 0 unspecified atom stereocenters. The molecule has 2 rings (SSSR count). The quantitative estimate of drug-likeness (QED) is 0.757. The SMILES string of the molecule is Cc1cnn(CCNC(=O)[C@H]2CCCN2)c1. The Morgan fingerprint density at radius 2 is 2.62 bits per heavy atom. The van der Waals surface area contributed by atoms with Crippen molar-refractivity contribution >= 4 is 5.91 Å². The predicted octanol–water partition coefficient (Wildman–Crippen LogP) is 0.0597. The number of amides is 1. The lowest BCUT2D eigenvalue weighted by Crippen LogP contribution is -2.41. The van der Waals surface area contributed by atoms with Crippen LogP contribution < -0.4 is 10.6 Å². The van der Waals surface area contributed by atoms with Gasteiger partial charge in [-0.25, -0.2) is 0 Å². The van der Waals surface area contributed by atoms with Crippen molar-refractivity contribution in [1.29, 1.82) is 0 Å². The van der Waals surface area contributed by atoms with Crippen molar-refractivity contribution in [2.75, 3.05) is 13.1 Å². The summed E-state index contributed by atoms with van der Waals surface area (Å²) in [6.07, 6.45) is 5.84. The van der Waals surface area contributed by atoms with Crippen LogP contribution in [0.2, 0.25) is 0 Å². The number of aromatic nitrogens is 2. The number of rotatable bonds is 4. The Labute approximate surface area is 95.2 Å². The Kier molecular flexibility index (Phi) is 3.56. The lowest BCUT2D eigenvalue weighted by atomic mass is 10.2. The van der Waals surface area contributed by atoms with E-state index in [9.17, 15) is 4.79 Å². The second kappa shape index (κ2) is 5.12. The van der Waals surface area contributed by atoms with Gasteiger partial charge in [0.15, 0.2) is 0 Å². The number of aryl methyl sites for hydroxylation is 1. The highest BCUT2D eigenvalue weighted by Gasteiger charge is 2.21. The van der Waals surface area contributed by atoms with Crippen LogP contribution in [0, 0.1) is 6.92 Å². The molecule has 1 aromatic rings. The van der Waals surface area contributed by atoms with E-state index < -0.39 is 0 Å². The van der Waals surface area contributed by atoms with Gasteiger partial charge in [0.2, 0.25) is 5.91 Å². The highest BCUT2D eigenvalue weighted by atomic mass is 16.2. The van der Waals surface area contributed by atoms with Crippen molar-refractivity contribution in [2.24, 2.45) is 0 Å². The number of carbonyl (C=O) groups is 1. The van der Waals surface area contributed by atoms with Gasteiger partial charge in [-0.15, -0.1) is 0 Å². The fourth-order valence-corrected chi connectivity index (χ4v) is 1.91. The molecule has 1 aliphatic heterocycles. The number of hydrogen-bond acceptors (Lipinski definition) is 3. The molecule has 0 saturated carbocycles. The molecule has 2 N–H and O–H groups in total. The van der Waals surface area contributed by atoms with Crippen LogP contribution in [0.3, 0.4) is 0 Å². The summed E-state index contributed by atoms with van der Waals surface area (Å²) in [4.78, 5) is 11.6. The minimum Gasteiger partial charge on any atom is -0.353 e. The van der Waals surface area contributed by atoms with Crippen LogP contribution >= 0.6 is 0 Å². The van der Waals surface area contributed by atoms with E-state index in [1.807, 2.05) is 24.0 Å². The minimum absolute atomic E-state index is 0.0133. The van der Waals surface area contributed by atoms with Crippen molar-refractivity contribution < 1.29 is 4.79 Å². The first kappa shape index (κ1) is 11.1. The average molecular weight is 222 g/mol. The van der Waals surface area contributed by atoms with Crippen molar-refractivity contribution in [3.8, 4) is 0 Å². The maximum atomic E-state index is 11.6. The average Bonchev–Trinajstić information content (AvgIpc) is 2.89. The number of hydrogen-bond donors (Lipinski definition) is 2. The molecule has 1 atom stereocenters. The highest BCUT2D eigenvalue weighted by molar-refractivity contribution is 5.81. The summed E-state index contributed by atoms with van der Waals surface area (Å²) in [5.41, 5.74) is 1.14. The maximum Gasteiger partial charge on any atom is 0.237 e. The van der Waals surface area contributed by atoms with E-state index in [0.717, 1.165) is 31.5 Å². The topological polar surface area (TPSA) is 59.0 Å². The van der Waals surface area contributed by atoms with Crippen LogP contribution in [0.15, 0.2) is 12.4 Å². The summed E-state index contributed by atoms with van der Waals surface area (Å²) in [6.45, 7) is 4.32. The molecule has 0 radical (unpaired) electrons. The number of carbonyl (C=O) groups excluding carboxylic acids is 1. The monoisotopic (exact) mass is 222 g/mol. The van der Waals surface area contributed by atoms with Gasteiger partial charge in [-0.3, -0.25) is 9.48 Å². The Morgan fingerprint density at radius 3 is 3.25 bits per heavy atom. The molecule has 16 heavy (non-hydrogen) atoms. The van der Waals surface area contributed by atoms with Crippen molar-refractivity contribution in [3.05, 3.63) is 18.0 Å². The first-order valence-electron chi connectivity index (χ1n) is 5.76. The summed E-state index contributed by atoms with van der Waals surface area (Å²) in [7, 11) is 0. The first-order valence-corrected chi connectivity index (χ1v) is 5.76. The molecule has 1 fully saturated rings. The first-order chi connectivity index (χ1) is 7.75. The van der Waals surface area contributed by atoms with E-state index in [0.29, 0.717) is 6.54 Å². The van der Waals surface area contributed by atoms with Gasteiger partial charge in [0.05, 0.1) is 18.8 Å². The molecule has 0 aliphatic carbocycles. The van der Waals surface area contributed by atoms with Crippen LogP contribution in [0.5, 0.6) is 0 Å². The molecule has 0 spiro atoms. The van der Waals surface area contributed by atoms with Crippen LogP contribution in [0.1, 0.15) is 18.4 Å². The molecule has 5 nitrogen and oxygen atoms in total. The second-order valence-electron chi connectivity index (χ2n) is 4.22. The summed E-state index contributed by atoms with van der Waals surface area (Å²) < 4.78 is 1.84. The van der Waals surface area contributed by atoms with Gasteiger partial charge in [-0.2, -0.15) is 5.10 Å². The Bertz CT molecular complexity index is 355. The minimum atomic E-state index is 0.0133. The van der Waals surface area contributed by atoms with Crippen molar-refractivity contribution in [3.63, 3.8) is 0 Å². The lowest BCUT2D eigenvalue weighted by molar-refractivity contribution is -0.122. The highest BCUT2D eigenvalue weighted by Crippen LogP contribution is 2.04. The van der Waals surface area contributed by atoms with Gasteiger partial charge in [-0.05, 0) is 31.9 Å². The van der Waals surface area contributed by atoms with Gasteiger partial charge >= 0.3 is 0 Å². The molecule has 0 aromatic carbocycles. The normalized spacial score (nSPS) is 19.9. The largest absolute Gasteiger partial charge is 0.353 e. The van der Waals surface area contributed by atoms with Crippen molar-refractivity contribution in [2.45, 2.75) is 32.4 Å². The fourth-order valence-electron chi connectivity index (χ4n) is 1.91. The third-order valence-electron chi connectivity index (χ3n) is 2.78. The summed E-state index contributed by atoms with van der Waals surface area (Å²) >= 11 is 0. The van der Waals surface area contributed by atoms with E-state index >= 15 is 0 Å². The summed E-state index contributed by atoms with van der Waals surface area (Å²) in [5, 5.41) is 10.3. The van der Waals surface area contributed by atoms with E-state index in [1.165, 1.54) is 0 Å². The van der Waals surface area contributed by atoms with Gasteiger partial charge in [0, 0.05) is 12.7 Å². The second-order valence-corrected chi connectivity index (χ2v) is 4.22. The number of nitrogens with one attached hydrogen (secondary N) is 2. The van der Waals surface area contributed by atoms with Gasteiger partial charge in [0.1, 0.15) is 0 Å². The third kappa shape index (κ3) is 2.82. The Balaban J connectivity index is 1.69. The maximum absolute atomic E-state index is 11.6. The standard InChI is InChI=1S/C11H18N4O/c1-9-7-14-15(8-9)6-5-13-11(16)10-3-2-4-12-10/h7-8,10,12H,2-6H2,1H3,(H,13,16)/t10-/m1/s1. The molecule has 2 heterocycles. The molecule has 1 amide bonds. The van der Waals surface area contributed by atoms with Crippen LogP contribution in [0.4, 0.5) is 0 Å². The lowest BCUT2D eigenvalue weighted by Gasteiger charge is -2.10. The smallest absolute Gasteiger partial charge is 0.237 e. The molecule has 0 bridgehead atoms. The molecule has 1 saturated heterocycles. The van der Waals surface area contributed by atoms with E-state index in [2.05, 4.69) is 15.7 Å². The molecule has 1 aliphatic rings. The zero-order valence-electron chi connectivity index (χ0n) is 9.57. The Morgan fingerprint density at radius 1 is 1.75 bits per heavy atom. The van der Waals surface area contributed by atoms with E-state index in [1.54, 1.807) is 0 Å². The zero-order valence-corrected chi connectivity index (χ0v) is 9.57. The van der Waals surface area contributed by atoms with Crippen molar-refractivity contribution in [1.82, 2.24) is 20.4 Å². The summed E-state index contributed by atoms with van der Waals surface area (Å²) in [5.74, 6) is 0.112. The molecule has 1 aromatic heterocycles. The molecule has 5 heteroatoms. The predicted molar refractivity (Wildman–Crippen MR) is 61.0 cm³/mol. The van der Waals surface area contributed by atoms with E-state index in [4.69, 9.17) is 0 Å².